The number of rotatable bonds is 10. The van der Waals surface area contributed by atoms with E-state index in [4.69, 9.17) is 0 Å². The van der Waals surface area contributed by atoms with E-state index in [0.29, 0.717) is 17.9 Å². The number of benzene rings is 2. The first kappa shape index (κ1) is 25.4. The van der Waals surface area contributed by atoms with Crippen molar-refractivity contribution in [3.8, 4) is 0 Å². The van der Waals surface area contributed by atoms with Crippen molar-refractivity contribution in [3.63, 3.8) is 0 Å². The van der Waals surface area contributed by atoms with E-state index in [9.17, 15) is 8.42 Å². The molecule has 0 spiro atoms. The van der Waals surface area contributed by atoms with Gasteiger partial charge in [0.15, 0.2) is 15.8 Å². The lowest BCUT2D eigenvalue weighted by Gasteiger charge is -2.18. The minimum absolute atomic E-state index is 0. The Morgan fingerprint density at radius 2 is 1.66 bits per heavy atom. The maximum atomic E-state index is 12.3. The predicted octanol–water partition coefficient (Wildman–Crippen LogP) is 4.04. The number of aliphatic imine (C=N–C) groups is 1. The van der Waals surface area contributed by atoms with E-state index < -0.39 is 9.84 Å². The molecule has 0 fully saturated rings. The Bertz CT molecular complexity index is 828. The molecular formula is C22H32IN3O2S. The first-order chi connectivity index (χ1) is 13.5. The number of nitrogens with zero attached hydrogens (tertiary/aromatic N) is 1. The van der Waals surface area contributed by atoms with Crippen molar-refractivity contribution in [2.45, 2.75) is 44.0 Å². The summed E-state index contributed by atoms with van der Waals surface area (Å²) in [7, 11) is -3.24. The summed E-state index contributed by atoms with van der Waals surface area (Å²) >= 11 is 0. The Hall–Kier alpha value is -1.61. The highest BCUT2D eigenvalue weighted by Crippen LogP contribution is 2.11. The van der Waals surface area contributed by atoms with Gasteiger partial charge in [-0.2, -0.15) is 0 Å². The minimum Gasteiger partial charge on any atom is -0.357 e. The average molecular weight is 529 g/mol. The largest absolute Gasteiger partial charge is 0.357 e. The highest BCUT2D eigenvalue weighted by Gasteiger charge is 2.13. The Morgan fingerprint density at radius 3 is 2.28 bits per heavy atom. The second kappa shape index (κ2) is 13.6. The van der Waals surface area contributed by atoms with Crippen LogP contribution in [0.3, 0.4) is 0 Å². The van der Waals surface area contributed by atoms with Crippen molar-refractivity contribution in [2.24, 2.45) is 4.99 Å². The Morgan fingerprint density at radius 1 is 1.03 bits per heavy atom. The molecular weight excluding hydrogens is 497 g/mol. The molecule has 0 aliphatic heterocycles. The van der Waals surface area contributed by atoms with Crippen LogP contribution in [0.15, 0.2) is 70.6 Å². The van der Waals surface area contributed by atoms with E-state index in [0.717, 1.165) is 25.3 Å². The van der Waals surface area contributed by atoms with Crippen molar-refractivity contribution >= 4 is 39.8 Å². The normalized spacial score (nSPS) is 12.7. The zero-order valence-corrected chi connectivity index (χ0v) is 20.3. The summed E-state index contributed by atoms with van der Waals surface area (Å²) in [4.78, 5) is 4.91. The number of hydrogen-bond acceptors (Lipinski definition) is 3. The Kier molecular flexibility index (Phi) is 11.9. The van der Waals surface area contributed by atoms with Crippen molar-refractivity contribution < 1.29 is 8.42 Å². The van der Waals surface area contributed by atoms with Crippen LogP contribution in [0.2, 0.25) is 0 Å². The molecule has 1 atom stereocenters. The lowest BCUT2D eigenvalue weighted by atomic mass is 10.1. The number of halogens is 1. The quantitative estimate of drug-likeness (QED) is 0.211. The van der Waals surface area contributed by atoms with Crippen molar-refractivity contribution in [2.75, 3.05) is 18.8 Å². The monoisotopic (exact) mass is 529 g/mol. The number of sulfone groups is 1. The molecule has 0 saturated carbocycles. The zero-order chi connectivity index (χ0) is 20.2. The summed E-state index contributed by atoms with van der Waals surface area (Å²) in [5.74, 6) is 0.837. The van der Waals surface area contributed by atoms with Gasteiger partial charge in [-0.3, -0.25) is 4.99 Å². The van der Waals surface area contributed by atoms with E-state index >= 15 is 0 Å². The summed E-state index contributed by atoms with van der Waals surface area (Å²) in [5, 5.41) is 6.64. The van der Waals surface area contributed by atoms with Crippen LogP contribution in [0, 0.1) is 0 Å². The fourth-order valence-corrected chi connectivity index (χ4v) is 4.16. The van der Waals surface area contributed by atoms with Crippen molar-refractivity contribution in [1.29, 1.82) is 0 Å². The second-order valence-electron chi connectivity index (χ2n) is 6.82. The molecule has 5 nitrogen and oxygen atoms in total. The molecule has 0 amide bonds. The number of hydrogen-bond donors (Lipinski definition) is 2. The summed E-state index contributed by atoms with van der Waals surface area (Å²) in [6.45, 7) is 5.38. The van der Waals surface area contributed by atoms with Crippen LogP contribution in [-0.2, 0) is 16.3 Å². The molecule has 0 radical (unpaired) electrons. The molecule has 0 heterocycles. The lowest BCUT2D eigenvalue weighted by molar-refractivity contribution is 0.589. The molecule has 0 aromatic heterocycles. The Balaban J connectivity index is 0.00000420. The minimum atomic E-state index is -3.24. The van der Waals surface area contributed by atoms with Crippen molar-refractivity contribution in [1.82, 2.24) is 10.6 Å². The molecule has 2 aromatic rings. The maximum absolute atomic E-state index is 12.3. The SMILES string of the molecule is CCNC(=NCCCS(=O)(=O)c1ccccc1)NC(C)CCc1ccccc1.I. The Labute approximate surface area is 192 Å². The van der Waals surface area contributed by atoms with Gasteiger partial charge < -0.3 is 10.6 Å². The van der Waals surface area contributed by atoms with Gasteiger partial charge in [0.1, 0.15) is 0 Å². The molecule has 2 N–H and O–H groups in total. The van der Waals surface area contributed by atoms with Crippen LogP contribution in [0.25, 0.3) is 0 Å². The van der Waals surface area contributed by atoms with E-state index in [1.54, 1.807) is 24.3 Å². The molecule has 0 aliphatic rings. The highest BCUT2D eigenvalue weighted by atomic mass is 127. The van der Waals surface area contributed by atoms with Crippen LogP contribution in [0.1, 0.15) is 32.3 Å². The molecule has 7 heteroatoms. The second-order valence-corrected chi connectivity index (χ2v) is 8.92. The third kappa shape index (κ3) is 9.62. The standard InChI is InChI=1S/C22H31N3O2S.HI/c1-3-23-22(25-19(2)15-16-20-11-6-4-7-12-20)24-17-10-18-28(26,27)21-13-8-5-9-14-21;/h4-9,11-14,19H,3,10,15-18H2,1-2H3,(H2,23,24,25);1H. The smallest absolute Gasteiger partial charge is 0.191 e. The van der Waals surface area contributed by atoms with E-state index in [-0.39, 0.29) is 35.8 Å². The number of nitrogens with one attached hydrogen (secondary N) is 2. The zero-order valence-electron chi connectivity index (χ0n) is 17.2. The lowest BCUT2D eigenvalue weighted by Crippen LogP contribution is -2.42. The number of aryl methyl sites for hydroxylation is 1. The van der Waals surface area contributed by atoms with Gasteiger partial charge in [0.2, 0.25) is 0 Å². The van der Waals surface area contributed by atoms with Gasteiger partial charge in [-0.25, -0.2) is 8.42 Å². The fourth-order valence-electron chi connectivity index (χ4n) is 2.84. The highest BCUT2D eigenvalue weighted by molar-refractivity contribution is 14.0. The third-order valence-electron chi connectivity index (χ3n) is 4.38. The molecule has 29 heavy (non-hydrogen) atoms. The van der Waals surface area contributed by atoms with E-state index in [1.165, 1.54) is 5.56 Å². The van der Waals surface area contributed by atoms with Crippen LogP contribution in [0.5, 0.6) is 0 Å². The van der Waals surface area contributed by atoms with Gasteiger partial charge in [-0.05, 0) is 50.8 Å². The molecule has 1 unspecified atom stereocenters. The van der Waals surface area contributed by atoms with Crippen LogP contribution >= 0.6 is 24.0 Å². The molecule has 160 valence electrons. The third-order valence-corrected chi connectivity index (χ3v) is 6.20. The molecule has 2 aromatic carbocycles. The summed E-state index contributed by atoms with van der Waals surface area (Å²) in [5.41, 5.74) is 1.32. The molecule has 2 rings (SSSR count). The first-order valence-electron chi connectivity index (χ1n) is 9.88. The van der Waals surface area contributed by atoms with E-state index in [2.05, 4.69) is 46.8 Å². The molecule has 0 bridgehead atoms. The predicted molar refractivity (Wildman–Crippen MR) is 132 cm³/mol. The average Bonchev–Trinajstić information content (AvgIpc) is 2.71. The van der Waals surface area contributed by atoms with Gasteiger partial charge in [0.05, 0.1) is 10.6 Å². The summed E-state index contributed by atoms with van der Waals surface area (Å²) in [6, 6.07) is 19.3. The van der Waals surface area contributed by atoms with Gasteiger partial charge in [0, 0.05) is 19.1 Å². The van der Waals surface area contributed by atoms with Crippen molar-refractivity contribution in [3.05, 3.63) is 66.2 Å². The number of guanidine groups is 1. The molecule has 0 saturated heterocycles. The van der Waals surface area contributed by atoms with Gasteiger partial charge >= 0.3 is 0 Å². The van der Waals surface area contributed by atoms with Gasteiger partial charge in [0.25, 0.3) is 0 Å². The summed E-state index contributed by atoms with van der Waals surface area (Å²) in [6.07, 6.45) is 2.49. The van der Waals surface area contributed by atoms with Crippen LogP contribution < -0.4 is 10.6 Å². The van der Waals surface area contributed by atoms with Crippen LogP contribution in [-0.4, -0.2) is 39.3 Å². The van der Waals surface area contributed by atoms with Gasteiger partial charge in [-0.1, -0.05) is 48.5 Å². The first-order valence-corrected chi connectivity index (χ1v) is 11.5. The van der Waals surface area contributed by atoms with Crippen LogP contribution in [0.4, 0.5) is 0 Å². The van der Waals surface area contributed by atoms with Gasteiger partial charge in [-0.15, -0.1) is 24.0 Å². The fraction of sp³-hybridized carbons (Fsp3) is 0.409. The molecule has 0 aliphatic carbocycles. The maximum Gasteiger partial charge on any atom is 0.191 e. The van der Waals surface area contributed by atoms with E-state index in [1.807, 2.05) is 19.1 Å². The topological polar surface area (TPSA) is 70.6 Å². The summed E-state index contributed by atoms with van der Waals surface area (Å²) < 4.78 is 24.6.